The van der Waals surface area contributed by atoms with Crippen LogP contribution in [0.4, 0.5) is 23.2 Å². The third-order valence-corrected chi connectivity index (χ3v) is 8.98. The Labute approximate surface area is 233 Å². The maximum atomic E-state index is 13.7. The number of anilines is 1. The van der Waals surface area contributed by atoms with Crippen LogP contribution in [0.15, 0.2) is 41.4 Å². The zero-order chi connectivity index (χ0) is 28.7. The van der Waals surface area contributed by atoms with Crippen LogP contribution in [0.1, 0.15) is 47.9 Å². The average molecular weight is 579 g/mol. The van der Waals surface area contributed by atoms with E-state index in [0.29, 0.717) is 44.8 Å². The van der Waals surface area contributed by atoms with E-state index < -0.39 is 23.1 Å². The molecule has 1 spiro atoms. The molecule has 2 N–H and O–H groups in total. The summed E-state index contributed by atoms with van der Waals surface area (Å²) in [6.07, 6.45) is -2.09. The van der Waals surface area contributed by atoms with Gasteiger partial charge in [0.2, 0.25) is 5.91 Å². The number of piperidine rings is 1. The fraction of sp³-hybridized carbons (Fsp3) is 0.464. The first-order valence-corrected chi connectivity index (χ1v) is 14.1. The van der Waals surface area contributed by atoms with E-state index >= 15 is 0 Å². The van der Waals surface area contributed by atoms with Gasteiger partial charge < -0.3 is 15.3 Å². The number of benzene rings is 2. The Bertz CT molecular complexity index is 1340. The van der Waals surface area contributed by atoms with Gasteiger partial charge in [0.25, 0.3) is 5.91 Å². The van der Waals surface area contributed by atoms with Crippen molar-refractivity contribution in [3.05, 3.63) is 64.5 Å². The van der Waals surface area contributed by atoms with Gasteiger partial charge in [0.05, 0.1) is 18.2 Å². The third kappa shape index (κ3) is 5.61. The Balaban J connectivity index is 1.16. The molecule has 40 heavy (non-hydrogen) atoms. The number of hydrogen-bond acceptors (Lipinski definition) is 6. The average Bonchev–Trinajstić information content (AvgIpc) is 3.45. The standard InChI is InChI=1S/C28H30F4N4O3S/c1-17-14-20(36-21(16-37)5-7-24(36)38)4-2-18(17)8-13-40-35-11-9-27(10-12-35)26(39)33-25(34-27)19-3-6-23(29)22(15-19)28(30,31)32/h2-4,6,14-15,21,37H,5,7-13,16H2,1H3,(H,33,34,39)/t21-/m0/s1. The predicted octanol–water partition coefficient (Wildman–Crippen LogP) is 4.24. The van der Waals surface area contributed by atoms with Crippen molar-refractivity contribution in [3.63, 3.8) is 0 Å². The molecule has 214 valence electrons. The van der Waals surface area contributed by atoms with Gasteiger partial charge in [-0.1, -0.05) is 18.0 Å². The molecule has 7 nitrogen and oxygen atoms in total. The molecule has 2 amide bonds. The summed E-state index contributed by atoms with van der Waals surface area (Å²) >= 11 is 1.67. The highest BCUT2D eigenvalue weighted by Crippen LogP contribution is 2.36. The molecule has 0 aliphatic carbocycles. The summed E-state index contributed by atoms with van der Waals surface area (Å²) in [6.45, 7) is 3.13. The van der Waals surface area contributed by atoms with Gasteiger partial charge in [0.15, 0.2) is 0 Å². The molecule has 1 atom stereocenters. The highest BCUT2D eigenvalue weighted by Gasteiger charge is 2.46. The zero-order valence-corrected chi connectivity index (χ0v) is 22.7. The van der Waals surface area contributed by atoms with E-state index in [1.165, 1.54) is 11.6 Å². The smallest absolute Gasteiger partial charge is 0.394 e. The summed E-state index contributed by atoms with van der Waals surface area (Å²) in [5.41, 5.74) is 0.646. The molecule has 0 radical (unpaired) electrons. The Morgan fingerprint density at radius 3 is 2.58 bits per heavy atom. The first-order valence-electron chi connectivity index (χ1n) is 13.2. The minimum Gasteiger partial charge on any atom is -0.394 e. The summed E-state index contributed by atoms with van der Waals surface area (Å²) < 4.78 is 55.3. The molecule has 2 aromatic carbocycles. The van der Waals surface area contributed by atoms with Crippen molar-refractivity contribution in [1.29, 1.82) is 0 Å². The fourth-order valence-corrected chi connectivity index (χ4v) is 6.54. The molecule has 0 bridgehead atoms. The lowest BCUT2D eigenvalue weighted by Gasteiger charge is -2.34. The summed E-state index contributed by atoms with van der Waals surface area (Å²) in [7, 11) is 0. The minimum atomic E-state index is -4.85. The van der Waals surface area contributed by atoms with Gasteiger partial charge >= 0.3 is 6.18 Å². The van der Waals surface area contributed by atoms with E-state index in [-0.39, 0.29) is 35.9 Å². The lowest BCUT2D eigenvalue weighted by Crippen LogP contribution is -2.47. The van der Waals surface area contributed by atoms with Crippen LogP contribution in [0, 0.1) is 12.7 Å². The monoisotopic (exact) mass is 578 g/mol. The van der Waals surface area contributed by atoms with Gasteiger partial charge in [-0.25, -0.2) is 4.39 Å². The minimum absolute atomic E-state index is 0.0260. The maximum absolute atomic E-state index is 13.7. The van der Waals surface area contributed by atoms with Crippen molar-refractivity contribution >= 4 is 35.3 Å². The topological polar surface area (TPSA) is 85.2 Å². The lowest BCUT2D eigenvalue weighted by atomic mass is 9.89. The van der Waals surface area contributed by atoms with Crippen molar-refractivity contribution < 1.29 is 32.3 Å². The number of amides is 2. The number of nitrogens with zero attached hydrogens (tertiary/aromatic N) is 3. The van der Waals surface area contributed by atoms with E-state index in [1.54, 1.807) is 16.8 Å². The first-order chi connectivity index (χ1) is 19.0. The van der Waals surface area contributed by atoms with Gasteiger partial charge in [0, 0.05) is 36.5 Å². The fourth-order valence-electron chi connectivity index (χ4n) is 5.53. The van der Waals surface area contributed by atoms with Gasteiger partial charge in [-0.2, -0.15) is 13.2 Å². The van der Waals surface area contributed by atoms with Crippen molar-refractivity contribution in [1.82, 2.24) is 9.62 Å². The second-order valence-electron chi connectivity index (χ2n) is 10.4. The number of nitrogens with one attached hydrogen (secondary N) is 1. The Morgan fingerprint density at radius 1 is 1.15 bits per heavy atom. The molecule has 0 unspecified atom stereocenters. The molecule has 3 heterocycles. The van der Waals surface area contributed by atoms with E-state index in [0.717, 1.165) is 29.5 Å². The Hall–Kier alpha value is -2.96. The van der Waals surface area contributed by atoms with Crippen LogP contribution < -0.4 is 10.2 Å². The molecule has 2 fully saturated rings. The summed E-state index contributed by atoms with van der Waals surface area (Å²) in [6, 6.07) is 8.38. The number of alkyl halides is 3. The van der Waals surface area contributed by atoms with Gasteiger partial charge in [0.1, 0.15) is 17.2 Å². The number of rotatable bonds is 7. The SMILES string of the molecule is Cc1cc(N2C(=O)CC[C@H]2CO)ccc1CCSN1CCC2(CC1)N=C(c1ccc(F)c(C(F)(F)F)c1)NC2=O. The van der Waals surface area contributed by atoms with E-state index in [9.17, 15) is 32.3 Å². The molecule has 2 saturated heterocycles. The number of aryl methyl sites for hydroxylation is 2. The highest BCUT2D eigenvalue weighted by molar-refractivity contribution is 7.97. The van der Waals surface area contributed by atoms with Crippen molar-refractivity contribution in [2.45, 2.75) is 56.8 Å². The Kier molecular flexibility index (Phi) is 7.95. The van der Waals surface area contributed by atoms with Gasteiger partial charge in [-0.15, -0.1) is 0 Å². The molecule has 12 heteroatoms. The molecule has 5 rings (SSSR count). The molecule has 3 aliphatic heterocycles. The van der Waals surface area contributed by atoms with E-state index in [4.69, 9.17) is 0 Å². The van der Waals surface area contributed by atoms with Crippen LogP contribution in [0.3, 0.4) is 0 Å². The molecule has 3 aliphatic rings. The van der Waals surface area contributed by atoms with Crippen LogP contribution in [-0.4, -0.2) is 64.1 Å². The number of carbonyl (C=O) groups is 2. The van der Waals surface area contributed by atoms with Gasteiger partial charge in [-0.3, -0.25) is 18.9 Å². The largest absolute Gasteiger partial charge is 0.419 e. The quantitative estimate of drug-likeness (QED) is 0.379. The van der Waals surface area contributed by atoms with E-state index in [1.807, 2.05) is 25.1 Å². The number of aliphatic hydroxyl groups excluding tert-OH is 1. The van der Waals surface area contributed by atoms with Crippen LogP contribution in [0.5, 0.6) is 0 Å². The summed E-state index contributed by atoms with van der Waals surface area (Å²) in [5.74, 6) is -0.840. The normalized spacial score (nSPS) is 21.3. The highest BCUT2D eigenvalue weighted by atomic mass is 32.2. The number of aliphatic hydroxyl groups is 1. The van der Waals surface area contributed by atoms with Crippen LogP contribution in [-0.2, 0) is 22.2 Å². The maximum Gasteiger partial charge on any atom is 0.419 e. The van der Waals surface area contributed by atoms with Crippen molar-refractivity contribution in [3.8, 4) is 0 Å². The van der Waals surface area contributed by atoms with Crippen molar-refractivity contribution in [2.75, 3.05) is 30.3 Å². The molecule has 0 saturated carbocycles. The number of carbonyl (C=O) groups excluding carboxylic acids is 2. The van der Waals surface area contributed by atoms with Crippen LogP contribution in [0.25, 0.3) is 0 Å². The molecular formula is C28H30F4N4O3S. The molecule has 0 aromatic heterocycles. The third-order valence-electron chi connectivity index (χ3n) is 7.86. The van der Waals surface area contributed by atoms with Crippen LogP contribution >= 0.6 is 11.9 Å². The first kappa shape index (κ1) is 28.6. The van der Waals surface area contributed by atoms with E-state index in [2.05, 4.69) is 14.6 Å². The number of hydrogen-bond donors (Lipinski definition) is 2. The number of aliphatic imine (C=N–C) groups is 1. The Morgan fingerprint density at radius 2 is 1.90 bits per heavy atom. The predicted molar refractivity (Wildman–Crippen MR) is 145 cm³/mol. The van der Waals surface area contributed by atoms with Crippen LogP contribution in [0.2, 0.25) is 0 Å². The second kappa shape index (κ2) is 11.1. The summed E-state index contributed by atoms with van der Waals surface area (Å²) in [4.78, 5) is 31.3. The summed E-state index contributed by atoms with van der Waals surface area (Å²) in [5, 5.41) is 12.2. The number of halogens is 4. The van der Waals surface area contributed by atoms with Gasteiger partial charge in [-0.05, 0) is 74.1 Å². The molecular weight excluding hydrogens is 548 g/mol. The van der Waals surface area contributed by atoms with Crippen molar-refractivity contribution in [2.24, 2.45) is 4.99 Å². The second-order valence-corrected chi connectivity index (χ2v) is 11.6. The lowest BCUT2D eigenvalue weighted by molar-refractivity contribution is -0.140. The zero-order valence-electron chi connectivity index (χ0n) is 21.9. The number of amidine groups is 1. The molecule has 2 aromatic rings.